The van der Waals surface area contributed by atoms with E-state index in [0.717, 1.165) is 60.3 Å². The van der Waals surface area contributed by atoms with E-state index in [2.05, 4.69) is 11.4 Å². The summed E-state index contributed by atoms with van der Waals surface area (Å²) in [4.78, 5) is 52.9. The van der Waals surface area contributed by atoms with E-state index in [1.54, 1.807) is 23.6 Å². The van der Waals surface area contributed by atoms with Gasteiger partial charge in [-0.3, -0.25) is 14.9 Å². The van der Waals surface area contributed by atoms with E-state index in [-0.39, 0.29) is 50.9 Å². The number of nitrogens with one attached hydrogen (secondary N) is 1. The molecular weight excluding hydrogens is 834 g/mol. The van der Waals surface area contributed by atoms with Crippen LogP contribution in [0.3, 0.4) is 0 Å². The Bertz CT molecular complexity index is 2040. The Morgan fingerprint density at radius 3 is 2.14 bits per heavy atom. The number of hydrogen-bond acceptors (Lipinski definition) is 10. The first-order chi connectivity index (χ1) is 27.0. The van der Waals surface area contributed by atoms with Crippen molar-refractivity contribution in [1.82, 2.24) is 0 Å². The molecule has 3 aromatic carbocycles. The Morgan fingerprint density at radius 2 is 1.63 bits per heavy atom. The number of aromatic carboxylic acids is 3. The molecule has 19 heteroatoms. The van der Waals surface area contributed by atoms with Crippen LogP contribution in [0.5, 0.6) is 5.75 Å². The fraction of sp³-hybridized carbons (Fsp3) is 0.263. The molecule has 6 N–H and O–H groups in total. The molecule has 0 radical (unpaired) electrons. The summed E-state index contributed by atoms with van der Waals surface area (Å²) in [6.07, 6.45) is 7.28. The molecule has 1 aliphatic rings. The minimum atomic E-state index is -1.43. The summed E-state index contributed by atoms with van der Waals surface area (Å²) in [5.74, 6) is -4.99. The van der Waals surface area contributed by atoms with E-state index >= 15 is 0 Å². The largest absolute Gasteiger partial charge is 0.487 e. The number of aliphatic hydroxyl groups is 1. The van der Waals surface area contributed by atoms with Crippen molar-refractivity contribution in [3.63, 3.8) is 0 Å². The number of carbonyl (C=O) groups is 4. The van der Waals surface area contributed by atoms with E-state index in [1.807, 2.05) is 19.1 Å². The zero-order valence-electron chi connectivity index (χ0n) is 30.1. The molecule has 1 aromatic heterocycles. The summed E-state index contributed by atoms with van der Waals surface area (Å²) in [7, 11) is 0. The number of thiophene rings is 1. The molecule has 1 aliphatic carbocycles. The number of nitro groups is 1. The first kappa shape index (κ1) is 47.9. The standard InChI is InChI=1S/C12H9ClO3S.C10H16O2.C9H10N2O5.C7H3Cl2FO2/c13-9-3-1-8(2-4-9)7-16-10-5-6-17-11(10)12(14)15;1-2-9(10(11)12)8-6-4-3-5-7-8;12-4-3-10-7-2-1-6(9(13)14)5-8(7)11(15)16;8-3-1-2-4(10)5(6(3)9)7(11)12/h1-6H,7H2,(H,14,15);6,9H,2-5,7H2,1H3,(H,11,12);1-2,5,10,12H,3-4H2,(H,13,14);1-2H,(H,11,12). The molecule has 14 nitrogen and oxygen atoms in total. The summed E-state index contributed by atoms with van der Waals surface area (Å²) in [6, 6.07) is 14.6. The number of carboxylic acids is 4. The van der Waals surface area contributed by atoms with Gasteiger partial charge in [-0.15, -0.1) is 11.3 Å². The van der Waals surface area contributed by atoms with Crippen molar-refractivity contribution in [2.75, 3.05) is 18.5 Å². The molecular formula is C38H38Cl3FN2O12S. The van der Waals surface area contributed by atoms with Crippen molar-refractivity contribution in [1.29, 1.82) is 0 Å². The Labute approximate surface area is 344 Å². The number of carboxylic acid groups (broad SMARTS) is 4. The third-order valence-corrected chi connectivity index (χ3v) is 9.68. The van der Waals surface area contributed by atoms with Gasteiger partial charge >= 0.3 is 23.9 Å². The highest BCUT2D eigenvalue weighted by Gasteiger charge is 2.21. The van der Waals surface area contributed by atoms with Crippen molar-refractivity contribution in [2.24, 2.45) is 5.92 Å². The Kier molecular flexibility index (Phi) is 20.5. The average molecular weight is 872 g/mol. The molecule has 57 heavy (non-hydrogen) atoms. The molecule has 0 spiro atoms. The second-order valence-electron chi connectivity index (χ2n) is 11.6. The van der Waals surface area contributed by atoms with Gasteiger partial charge in [0, 0.05) is 17.6 Å². The van der Waals surface area contributed by atoms with Crippen LogP contribution >= 0.6 is 46.1 Å². The lowest BCUT2D eigenvalue weighted by molar-refractivity contribution is -0.384. The van der Waals surface area contributed by atoms with Gasteiger partial charge in [-0.25, -0.2) is 18.8 Å². The molecule has 0 saturated heterocycles. The van der Waals surface area contributed by atoms with E-state index in [1.165, 1.54) is 24.6 Å². The smallest absolute Gasteiger partial charge is 0.349 e. The van der Waals surface area contributed by atoms with Crippen LogP contribution in [0.2, 0.25) is 15.1 Å². The second kappa shape index (κ2) is 24.4. The molecule has 4 aromatic rings. The summed E-state index contributed by atoms with van der Waals surface area (Å²) >= 11 is 17.8. The quantitative estimate of drug-likeness (QED) is 0.0318. The number of anilines is 1. The molecule has 0 amide bonds. The average Bonchev–Trinajstić information content (AvgIpc) is 3.66. The highest BCUT2D eigenvalue weighted by molar-refractivity contribution is 7.12. The lowest BCUT2D eigenvalue weighted by Crippen LogP contribution is -2.16. The number of allylic oxidation sites excluding steroid dienone is 1. The van der Waals surface area contributed by atoms with Crippen LogP contribution in [0.15, 0.2) is 77.7 Å². The van der Waals surface area contributed by atoms with Gasteiger partial charge in [0.15, 0.2) is 4.88 Å². The van der Waals surface area contributed by atoms with Crippen LogP contribution in [0.25, 0.3) is 0 Å². The SMILES string of the molecule is CCC(C(=O)O)C1=CCCCC1.O=C(O)c1c(F)ccc(Cl)c1Cl.O=C(O)c1ccc(NCCO)c([N+](=O)[O-])c1.O=C(O)c1sccc1OCc1ccc(Cl)cc1. The van der Waals surface area contributed by atoms with Crippen LogP contribution in [0, 0.1) is 21.8 Å². The van der Waals surface area contributed by atoms with Gasteiger partial charge in [0.25, 0.3) is 5.69 Å². The van der Waals surface area contributed by atoms with Crippen LogP contribution in [0.1, 0.15) is 75.0 Å². The van der Waals surface area contributed by atoms with Gasteiger partial charge in [-0.1, -0.05) is 65.5 Å². The lowest BCUT2D eigenvalue weighted by atomic mass is 9.88. The van der Waals surface area contributed by atoms with Crippen molar-refractivity contribution < 1.29 is 58.8 Å². The lowest BCUT2D eigenvalue weighted by Gasteiger charge is -2.18. The minimum absolute atomic E-state index is 0.0236. The van der Waals surface area contributed by atoms with E-state index in [9.17, 15) is 33.7 Å². The molecule has 0 fully saturated rings. The van der Waals surface area contributed by atoms with Crippen molar-refractivity contribution >= 4 is 81.4 Å². The number of rotatable bonds is 13. The number of halogens is 4. The third-order valence-electron chi connectivity index (χ3n) is 7.74. The van der Waals surface area contributed by atoms with Crippen molar-refractivity contribution in [3.05, 3.63) is 130 Å². The molecule has 0 saturated carbocycles. The van der Waals surface area contributed by atoms with E-state index < -0.39 is 40.2 Å². The Hall–Kier alpha value is -5.26. The van der Waals surface area contributed by atoms with E-state index in [4.69, 9.17) is 65.1 Å². The summed E-state index contributed by atoms with van der Waals surface area (Å²) in [5, 5.41) is 58.9. The zero-order chi connectivity index (χ0) is 42.7. The summed E-state index contributed by atoms with van der Waals surface area (Å²) in [5.41, 5.74) is 1.20. The number of benzene rings is 3. The predicted molar refractivity (Wildman–Crippen MR) is 214 cm³/mol. The van der Waals surface area contributed by atoms with Crippen molar-refractivity contribution in [2.45, 2.75) is 45.6 Å². The maximum absolute atomic E-state index is 12.8. The van der Waals surface area contributed by atoms with Crippen LogP contribution in [-0.2, 0) is 11.4 Å². The number of nitrogens with zero attached hydrogens (tertiary/aromatic N) is 1. The molecule has 0 aliphatic heterocycles. The first-order valence-corrected chi connectivity index (χ1v) is 18.9. The first-order valence-electron chi connectivity index (χ1n) is 16.8. The van der Waals surface area contributed by atoms with Gasteiger partial charge in [0.1, 0.15) is 29.4 Å². The maximum atomic E-state index is 12.8. The molecule has 1 unspecified atom stereocenters. The Balaban J connectivity index is 0.000000266. The highest BCUT2D eigenvalue weighted by Crippen LogP contribution is 2.29. The Morgan fingerprint density at radius 1 is 0.947 bits per heavy atom. The monoisotopic (exact) mass is 870 g/mol. The number of nitro benzene ring substituents is 1. The molecule has 0 bridgehead atoms. The fourth-order valence-electron chi connectivity index (χ4n) is 4.96. The number of aliphatic hydroxyl groups excluding tert-OH is 1. The number of hydrogen-bond donors (Lipinski definition) is 6. The molecule has 5 rings (SSSR count). The van der Waals surface area contributed by atoms with Gasteiger partial charge in [-0.05, 0) is 85.5 Å². The third kappa shape index (κ3) is 15.7. The van der Waals surface area contributed by atoms with Gasteiger partial charge in [0.05, 0.1) is 33.1 Å². The summed E-state index contributed by atoms with van der Waals surface area (Å²) < 4.78 is 18.2. The molecule has 306 valence electrons. The second-order valence-corrected chi connectivity index (χ2v) is 13.8. The fourth-order valence-corrected chi connectivity index (χ4v) is 6.15. The van der Waals surface area contributed by atoms with Crippen molar-refractivity contribution in [3.8, 4) is 5.75 Å². The van der Waals surface area contributed by atoms with Gasteiger partial charge in [-0.2, -0.15) is 0 Å². The molecule has 1 atom stereocenters. The van der Waals surface area contributed by atoms with Crippen LogP contribution in [0.4, 0.5) is 15.8 Å². The normalized spacial score (nSPS) is 12.1. The topological polar surface area (TPSA) is 234 Å². The van der Waals surface area contributed by atoms with Crippen LogP contribution in [-0.4, -0.2) is 67.5 Å². The number of aliphatic carboxylic acids is 1. The van der Waals surface area contributed by atoms with E-state index in [0.29, 0.717) is 17.4 Å². The highest BCUT2D eigenvalue weighted by atomic mass is 35.5. The molecule has 1 heterocycles. The van der Waals surface area contributed by atoms with Crippen LogP contribution < -0.4 is 10.1 Å². The number of ether oxygens (including phenoxy) is 1. The minimum Gasteiger partial charge on any atom is -0.487 e. The summed E-state index contributed by atoms with van der Waals surface area (Å²) in [6.45, 7) is 2.26. The maximum Gasteiger partial charge on any atom is 0.349 e. The predicted octanol–water partition coefficient (Wildman–Crippen LogP) is 9.80. The van der Waals surface area contributed by atoms with Gasteiger partial charge < -0.3 is 35.6 Å². The van der Waals surface area contributed by atoms with Gasteiger partial charge in [0.2, 0.25) is 0 Å². The zero-order valence-corrected chi connectivity index (χ0v) is 33.2.